The molecule has 0 bridgehead atoms. The summed E-state index contributed by atoms with van der Waals surface area (Å²) in [6, 6.07) is 13.7. The topological polar surface area (TPSA) is 67.6 Å². The van der Waals surface area contributed by atoms with Crippen LogP contribution in [0.1, 0.15) is 47.6 Å². The van der Waals surface area contributed by atoms with Crippen molar-refractivity contribution in [3.05, 3.63) is 58.4 Å². The van der Waals surface area contributed by atoms with Crippen molar-refractivity contribution in [2.45, 2.75) is 32.2 Å². The van der Waals surface area contributed by atoms with Gasteiger partial charge in [-0.3, -0.25) is 9.69 Å². The lowest BCUT2D eigenvalue weighted by molar-refractivity contribution is 0.0917. The molecule has 1 aliphatic heterocycles. The Balaban J connectivity index is 1.40. The van der Waals surface area contributed by atoms with E-state index in [4.69, 9.17) is 9.26 Å². The van der Waals surface area contributed by atoms with E-state index in [2.05, 4.69) is 32.9 Å². The first-order valence-electron chi connectivity index (χ1n) is 10.5. The van der Waals surface area contributed by atoms with Gasteiger partial charge in [-0.15, -0.1) is 11.3 Å². The summed E-state index contributed by atoms with van der Waals surface area (Å²) in [6.07, 6.45) is 3.71. The van der Waals surface area contributed by atoms with Gasteiger partial charge in [0.25, 0.3) is 5.91 Å². The van der Waals surface area contributed by atoms with Gasteiger partial charge >= 0.3 is 0 Å². The van der Waals surface area contributed by atoms with Crippen LogP contribution in [0.25, 0.3) is 11.3 Å². The Morgan fingerprint density at radius 2 is 2.03 bits per heavy atom. The molecule has 1 fully saturated rings. The van der Waals surface area contributed by atoms with E-state index in [0.29, 0.717) is 24.6 Å². The number of amides is 1. The highest BCUT2D eigenvalue weighted by atomic mass is 32.1. The van der Waals surface area contributed by atoms with E-state index in [9.17, 15) is 4.79 Å². The largest absolute Gasteiger partial charge is 0.494 e. The van der Waals surface area contributed by atoms with Crippen molar-refractivity contribution in [1.29, 1.82) is 0 Å². The van der Waals surface area contributed by atoms with Gasteiger partial charge in [-0.1, -0.05) is 17.6 Å². The van der Waals surface area contributed by atoms with Crippen molar-refractivity contribution in [3.8, 4) is 17.1 Å². The third-order valence-electron chi connectivity index (χ3n) is 5.35. The molecule has 1 unspecified atom stereocenters. The molecule has 4 rings (SSSR count). The van der Waals surface area contributed by atoms with Gasteiger partial charge in [-0.05, 0) is 68.6 Å². The number of rotatable bonds is 8. The highest BCUT2D eigenvalue weighted by Gasteiger charge is 2.24. The molecule has 0 radical (unpaired) electrons. The first kappa shape index (κ1) is 20.6. The standard InChI is InChI=1S/C23H27N3O3S/c1-2-28-18-10-8-17(9-11-18)21-15-19(25-29-21)23(27)24-16-20(22-7-6-14-30-22)26-12-4-3-5-13-26/h6-11,14-15,20H,2-5,12-13,16H2,1H3,(H,24,27). The Bertz CT molecular complexity index is 931. The summed E-state index contributed by atoms with van der Waals surface area (Å²) >= 11 is 1.74. The van der Waals surface area contributed by atoms with Gasteiger partial charge < -0.3 is 14.6 Å². The minimum Gasteiger partial charge on any atom is -0.494 e. The van der Waals surface area contributed by atoms with Crippen LogP contribution in [0.2, 0.25) is 0 Å². The SMILES string of the molecule is CCOc1ccc(-c2cc(C(=O)NCC(c3cccs3)N3CCCCC3)no2)cc1. The van der Waals surface area contributed by atoms with E-state index in [1.165, 1.54) is 24.1 Å². The van der Waals surface area contributed by atoms with Gasteiger partial charge in [0.2, 0.25) is 0 Å². The lowest BCUT2D eigenvalue weighted by atomic mass is 10.1. The molecule has 2 aromatic heterocycles. The smallest absolute Gasteiger partial charge is 0.273 e. The van der Waals surface area contributed by atoms with E-state index < -0.39 is 0 Å². The number of carbonyl (C=O) groups excluding carboxylic acids is 1. The maximum atomic E-state index is 12.7. The highest BCUT2D eigenvalue weighted by molar-refractivity contribution is 7.10. The van der Waals surface area contributed by atoms with Crippen LogP contribution in [0, 0.1) is 0 Å². The van der Waals surface area contributed by atoms with Crippen molar-refractivity contribution < 1.29 is 14.1 Å². The predicted molar refractivity (Wildman–Crippen MR) is 118 cm³/mol. The molecule has 0 saturated carbocycles. The molecule has 1 saturated heterocycles. The quantitative estimate of drug-likeness (QED) is 0.564. The zero-order valence-corrected chi connectivity index (χ0v) is 18.0. The van der Waals surface area contributed by atoms with Crippen LogP contribution in [0.4, 0.5) is 0 Å². The summed E-state index contributed by atoms with van der Waals surface area (Å²) in [5.41, 5.74) is 1.15. The van der Waals surface area contributed by atoms with Gasteiger partial charge in [0, 0.05) is 23.1 Å². The minimum absolute atomic E-state index is 0.201. The monoisotopic (exact) mass is 425 g/mol. The first-order valence-corrected chi connectivity index (χ1v) is 11.4. The van der Waals surface area contributed by atoms with Crippen molar-refractivity contribution >= 4 is 17.2 Å². The molecular formula is C23H27N3O3S. The number of carbonyl (C=O) groups is 1. The van der Waals surface area contributed by atoms with Crippen LogP contribution >= 0.6 is 11.3 Å². The van der Waals surface area contributed by atoms with E-state index in [0.717, 1.165) is 24.4 Å². The molecule has 158 valence electrons. The number of aromatic nitrogens is 1. The number of nitrogens with zero attached hydrogens (tertiary/aromatic N) is 2. The lowest BCUT2D eigenvalue weighted by Crippen LogP contribution is -2.40. The molecule has 1 aromatic carbocycles. The number of hydrogen-bond donors (Lipinski definition) is 1. The molecule has 6 nitrogen and oxygen atoms in total. The van der Waals surface area contributed by atoms with E-state index in [1.807, 2.05) is 31.2 Å². The maximum Gasteiger partial charge on any atom is 0.273 e. The van der Waals surface area contributed by atoms with Gasteiger partial charge in [0.05, 0.1) is 12.6 Å². The van der Waals surface area contributed by atoms with Crippen LogP contribution in [0.3, 0.4) is 0 Å². The second-order valence-corrected chi connectivity index (χ2v) is 8.35. The minimum atomic E-state index is -0.213. The number of thiophene rings is 1. The molecule has 7 heteroatoms. The van der Waals surface area contributed by atoms with Crippen molar-refractivity contribution in [2.24, 2.45) is 0 Å². The van der Waals surface area contributed by atoms with Crippen LogP contribution in [-0.4, -0.2) is 42.2 Å². The summed E-state index contributed by atoms with van der Waals surface area (Å²) in [7, 11) is 0. The molecule has 1 aliphatic rings. The first-order chi connectivity index (χ1) is 14.7. The fourth-order valence-corrected chi connectivity index (χ4v) is 4.66. The molecule has 0 aliphatic carbocycles. The number of hydrogen-bond acceptors (Lipinski definition) is 6. The Morgan fingerprint density at radius 1 is 1.23 bits per heavy atom. The van der Waals surface area contributed by atoms with Gasteiger partial charge in [0.1, 0.15) is 5.75 Å². The summed E-state index contributed by atoms with van der Waals surface area (Å²) < 4.78 is 10.9. The third-order valence-corrected chi connectivity index (χ3v) is 6.33. The van der Waals surface area contributed by atoms with Crippen molar-refractivity contribution in [2.75, 3.05) is 26.2 Å². The Labute approximate surface area is 180 Å². The molecule has 3 aromatic rings. The average molecular weight is 426 g/mol. The maximum absolute atomic E-state index is 12.7. The number of likely N-dealkylation sites (tertiary alicyclic amines) is 1. The highest BCUT2D eigenvalue weighted by Crippen LogP contribution is 2.28. The van der Waals surface area contributed by atoms with Crippen molar-refractivity contribution in [1.82, 2.24) is 15.4 Å². The number of piperidine rings is 1. The average Bonchev–Trinajstić information content (AvgIpc) is 3.48. The fourth-order valence-electron chi connectivity index (χ4n) is 3.80. The van der Waals surface area contributed by atoms with Crippen LogP contribution in [0.15, 0.2) is 52.4 Å². The molecule has 1 amide bonds. The molecule has 1 N–H and O–H groups in total. The second kappa shape index (κ2) is 9.91. The number of ether oxygens (including phenoxy) is 1. The van der Waals surface area contributed by atoms with Gasteiger partial charge in [-0.2, -0.15) is 0 Å². The zero-order valence-electron chi connectivity index (χ0n) is 17.2. The summed E-state index contributed by atoms with van der Waals surface area (Å²) in [4.78, 5) is 16.5. The van der Waals surface area contributed by atoms with Crippen molar-refractivity contribution in [3.63, 3.8) is 0 Å². The second-order valence-electron chi connectivity index (χ2n) is 7.37. The van der Waals surface area contributed by atoms with Crippen LogP contribution < -0.4 is 10.1 Å². The van der Waals surface area contributed by atoms with Gasteiger partial charge in [0.15, 0.2) is 11.5 Å². The Kier molecular flexibility index (Phi) is 6.81. The van der Waals surface area contributed by atoms with Gasteiger partial charge in [-0.25, -0.2) is 0 Å². The van der Waals surface area contributed by atoms with E-state index >= 15 is 0 Å². The number of nitrogens with one attached hydrogen (secondary N) is 1. The fraction of sp³-hybridized carbons (Fsp3) is 0.391. The van der Waals surface area contributed by atoms with E-state index in [-0.39, 0.29) is 11.9 Å². The number of benzene rings is 1. The van der Waals surface area contributed by atoms with Crippen LogP contribution in [-0.2, 0) is 0 Å². The predicted octanol–water partition coefficient (Wildman–Crippen LogP) is 4.76. The normalized spacial score (nSPS) is 15.6. The van der Waals surface area contributed by atoms with Crippen LogP contribution in [0.5, 0.6) is 5.75 Å². The zero-order chi connectivity index (χ0) is 20.8. The molecule has 1 atom stereocenters. The summed E-state index contributed by atoms with van der Waals surface area (Å²) in [5.74, 6) is 1.15. The third kappa shape index (κ3) is 4.91. The Morgan fingerprint density at radius 3 is 2.73 bits per heavy atom. The summed E-state index contributed by atoms with van der Waals surface area (Å²) in [5, 5.41) is 9.13. The lowest BCUT2D eigenvalue weighted by Gasteiger charge is -2.34. The molecule has 30 heavy (non-hydrogen) atoms. The summed E-state index contributed by atoms with van der Waals surface area (Å²) in [6.45, 7) is 5.28. The molecular weight excluding hydrogens is 398 g/mol. The van der Waals surface area contributed by atoms with E-state index in [1.54, 1.807) is 17.4 Å². The Hall–Kier alpha value is -2.64. The molecule has 3 heterocycles. The molecule has 0 spiro atoms.